The normalized spacial score (nSPS) is 17.4. The average molecular weight is 332 g/mol. The summed E-state index contributed by atoms with van der Waals surface area (Å²) in [5.41, 5.74) is 0.871. The molecule has 1 fully saturated rings. The van der Waals surface area contributed by atoms with E-state index in [0.717, 1.165) is 35.8 Å². The first kappa shape index (κ1) is 15.6. The summed E-state index contributed by atoms with van der Waals surface area (Å²) in [7, 11) is 0. The molecule has 0 aliphatic carbocycles. The van der Waals surface area contributed by atoms with Crippen molar-refractivity contribution in [3.8, 4) is 0 Å². The van der Waals surface area contributed by atoms with Crippen molar-refractivity contribution in [3.05, 3.63) is 60.9 Å². The Kier molecular flexibility index (Phi) is 4.29. The molecule has 0 radical (unpaired) electrons. The molecule has 0 unspecified atom stereocenters. The van der Waals surface area contributed by atoms with Gasteiger partial charge in [0.1, 0.15) is 0 Å². The van der Waals surface area contributed by atoms with E-state index in [0.29, 0.717) is 12.5 Å². The first-order valence-corrected chi connectivity index (χ1v) is 8.62. The number of nitrogens with one attached hydrogen (secondary N) is 1. The number of piperidine rings is 1. The predicted molar refractivity (Wildman–Crippen MR) is 99.5 cm³/mol. The molecule has 126 valence electrons. The molecule has 1 saturated heterocycles. The predicted octanol–water partition coefficient (Wildman–Crippen LogP) is 3.48. The van der Waals surface area contributed by atoms with Gasteiger partial charge in [0.2, 0.25) is 11.9 Å². The lowest BCUT2D eigenvalue weighted by Crippen LogP contribution is -2.41. The van der Waals surface area contributed by atoms with Gasteiger partial charge in [-0.05, 0) is 30.4 Å². The zero-order valence-electron chi connectivity index (χ0n) is 13.9. The zero-order chi connectivity index (χ0) is 17.1. The van der Waals surface area contributed by atoms with Crippen molar-refractivity contribution in [1.82, 2.24) is 9.97 Å². The molecule has 25 heavy (non-hydrogen) atoms. The van der Waals surface area contributed by atoms with Crippen LogP contribution < -0.4 is 10.2 Å². The lowest BCUT2D eigenvalue weighted by molar-refractivity contribution is -0.120. The van der Waals surface area contributed by atoms with Crippen molar-refractivity contribution in [2.75, 3.05) is 23.3 Å². The Balaban J connectivity index is 1.51. The van der Waals surface area contributed by atoms with Crippen LogP contribution in [0, 0.1) is 5.92 Å². The van der Waals surface area contributed by atoms with E-state index in [1.54, 1.807) is 18.5 Å². The topological polar surface area (TPSA) is 58.1 Å². The summed E-state index contributed by atoms with van der Waals surface area (Å²) in [5.74, 6) is 0.707. The number of aromatic nitrogens is 2. The van der Waals surface area contributed by atoms with Crippen LogP contribution in [0.3, 0.4) is 0 Å². The number of rotatable bonds is 3. The molecule has 1 aliphatic rings. The lowest BCUT2D eigenvalue weighted by atomic mass is 9.97. The highest BCUT2D eigenvalue weighted by molar-refractivity contribution is 6.02. The van der Waals surface area contributed by atoms with Crippen LogP contribution in [0.4, 0.5) is 11.6 Å². The molecule has 5 heteroatoms. The largest absolute Gasteiger partial charge is 0.340 e. The molecule has 1 atom stereocenters. The van der Waals surface area contributed by atoms with Gasteiger partial charge in [-0.1, -0.05) is 36.4 Å². The number of amides is 1. The Hall–Kier alpha value is -2.95. The van der Waals surface area contributed by atoms with Gasteiger partial charge < -0.3 is 10.2 Å². The number of hydrogen-bond acceptors (Lipinski definition) is 4. The Labute approximate surface area is 146 Å². The van der Waals surface area contributed by atoms with Crippen LogP contribution in [0.5, 0.6) is 0 Å². The smallest absolute Gasteiger partial charge is 0.229 e. The van der Waals surface area contributed by atoms with Crippen molar-refractivity contribution in [1.29, 1.82) is 0 Å². The fourth-order valence-corrected chi connectivity index (χ4v) is 3.40. The Bertz CT molecular complexity index is 876. The molecule has 5 nitrogen and oxygen atoms in total. The van der Waals surface area contributed by atoms with E-state index in [1.807, 2.05) is 30.3 Å². The van der Waals surface area contributed by atoms with Crippen LogP contribution >= 0.6 is 0 Å². The van der Waals surface area contributed by atoms with E-state index in [2.05, 4.69) is 32.3 Å². The van der Waals surface area contributed by atoms with E-state index in [9.17, 15) is 4.79 Å². The highest BCUT2D eigenvalue weighted by Crippen LogP contribution is 2.25. The van der Waals surface area contributed by atoms with E-state index >= 15 is 0 Å². The maximum absolute atomic E-state index is 12.8. The Morgan fingerprint density at radius 3 is 2.72 bits per heavy atom. The maximum atomic E-state index is 12.8. The maximum Gasteiger partial charge on any atom is 0.229 e. The first-order valence-electron chi connectivity index (χ1n) is 8.62. The van der Waals surface area contributed by atoms with Gasteiger partial charge in [0.15, 0.2) is 0 Å². The standard InChI is InChI=1S/C20H20N4O/c25-19(23-18-10-3-7-15-6-1-2-9-17(15)18)16-8-4-13-24(14-16)20-21-11-5-12-22-20/h1-3,5-7,9-12,16H,4,8,13-14H2,(H,23,25)/t16-/m1/s1. The van der Waals surface area contributed by atoms with Crippen LogP contribution in [0.25, 0.3) is 10.8 Å². The van der Waals surface area contributed by atoms with Gasteiger partial charge in [0.05, 0.1) is 5.92 Å². The van der Waals surface area contributed by atoms with Gasteiger partial charge in [0, 0.05) is 36.6 Å². The molecule has 2 aromatic carbocycles. The Morgan fingerprint density at radius 2 is 1.84 bits per heavy atom. The minimum Gasteiger partial charge on any atom is -0.340 e. The van der Waals surface area contributed by atoms with E-state index in [-0.39, 0.29) is 11.8 Å². The fraction of sp³-hybridized carbons (Fsp3) is 0.250. The number of nitrogens with zero attached hydrogens (tertiary/aromatic N) is 3. The molecule has 1 amide bonds. The third-order valence-electron chi connectivity index (χ3n) is 4.67. The first-order chi connectivity index (χ1) is 12.3. The molecule has 2 heterocycles. The van der Waals surface area contributed by atoms with Crippen LogP contribution in [0.15, 0.2) is 60.9 Å². The van der Waals surface area contributed by atoms with Gasteiger partial charge >= 0.3 is 0 Å². The summed E-state index contributed by atoms with van der Waals surface area (Å²) >= 11 is 0. The third-order valence-corrected chi connectivity index (χ3v) is 4.67. The van der Waals surface area contributed by atoms with Crippen LogP contribution in [0.1, 0.15) is 12.8 Å². The number of anilines is 2. The summed E-state index contributed by atoms with van der Waals surface area (Å²) in [6.07, 6.45) is 5.33. The van der Waals surface area contributed by atoms with Gasteiger partial charge in [-0.15, -0.1) is 0 Å². The van der Waals surface area contributed by atoms with Gasteiger partial charge in [0.25, 0.3) is 0 Å². The summed E-state index contributed by atoms with van der Waals surface area (Å²) < 4.78 is 0. The van der Waals surface area contributed by atoms with E-state index < -0.39 is 0 Å². The second-order valence-electron chi connectivity index (χ2n) is 6.35. The molecule has 4 rings (SSSR count). The lowest BCUT2D eigenvalue weighted by Gasteiger charge is -2.32. The molecular weight excluding hydrogens is 312 g/mol. The third kappa shape index (κ3) is 3.31. The molecule has 1 aromatic heterocycles. The van der Waals surface area contributed by atoms with Crippen LogP contribution in [-0.4, -0.2) is 29.0 Å². The molecule has 0 saturated carbocycles. The molecular formula is C20H20N4O. The summed E-state index contributed by atoms with van der Waals surface area (Å²) in [5, 5.41) is 5.32. The van der Waals surface area contributed by atoms with Crippen molar-refractivity contribution in [2.24, 2.45) is 5.92 Å². The van der Waals surface area contributed by atoms with E-state index in [4.69, 9.17) is 0 Å². The van der Waals surface area contributed by atoms with Crippen molar-refractivity contribution < 1.29 is 4.79 Å². The highest BCUT2D eigenvalue weighted by Gasteiger charge is 2.27. The molecule has 1 N–H and O–H groups in total. The van der Waals surface area contributed by atoms with Crippen molar-refractivity contribution in [3.63, 3.8) is 0 Å². The van der Waals surface area contributed by atoms with Crippen LogP contribution in [0.2, 0.25) is 0 Å². The van der Waals surface area contributed by atoms with E-state index in [1.165, 1.54) is 0 Å². The molecule has 1 aliphatic heterocycles. The SMILES string of the molecule is O=C(Nc1cccc2ccccc12)[C@@H]1CCCN(c2ncccn2)C1. The van der Waals surface area contributed by atoms with Gasteiger partial charge in [-0.25, -0.2) is 9.97 Å². The fourth-order valence-electron chi connectivity index (χ4n) is 3.40. The highest BCUT2D eigenvalue weighted by atomic mass is 16.1. The van der Waals surface area contributed by atoms with Gasteiger partial charge in [-0.3, -0.25) is 4.79 Å². The number of carbonyl (C=O) groups excluding carboxylic acids is 1. The molecule has 0 bridgehead atoms. The van der Waals surface area contributed by atoms with Crippen molar-refractivity contribution in [2.45, 2.75) is 12.8 Å². The Morgan fingerprint density at radius 1 is 1.04 bits per heavy atom. The second-order valence-corrected chi connectivity index (χ2v) is 6.35. The number of carbonyl (C=O) groups is 1. The number of fused-ring (bicyclic) bond motifs is 1. The summed E-state index contributed by atoms with van der Waals surface area (Å²) in [4.78, 5) is 23.5. The minimum atomic E-state index is -0.0588. The second kappa shape index (κ2) is 6.89. The quantitative estimate of drug-likeness (QED) is 0.798. The molecule has 0 spiro atoms. The van der Waals surface area contributed by atoms with Crippen LogP contribution in [-0.2, 0) is 4.79 Å². The van der Waals surface area contributed by atoms with Gasteiger partial charge in [-0.2, -0.15) is 0 Å². The zero-order valence-corrected chi connectivity index (χ0v) is 13.9. The van der Waals surface area contributed by atoms with Crippen molar-refractivity contribution >= 4 is 28.3 Å². The average Bonchev–Trinajstić information content (AvgIpc) is 2.69. The summed E-state index contributed by atoms with van der Waals surface area (Å²) in [6.45, 7) is 1.54. The number of benzene rings is 2. The minimum absolute atomic E-state index is 0.0588. The molecule has 3 aromatic rings. The summed E-state index contributed by atoms with van der Waals surface area (Å²) in [6, 6.07) is 15.9. The number of hydrogen-bond donors (Lipinski definition) is 1. The monoisotopic (exact) mass is 332 g/mol.